The molecule has 0 saturated carbocycles. The minimum absolute atomic E-state index is 0.152. The summed E-state index contributed by atoms with van der Waals surface area (Å²) in [4.78, 5) is 14.8. The highest BCUT2D eigenvalue weighted by Crippen LogP contribution is 2.42. The van der Waals surface area contributed by atoms with Gasteiger partial charge in [-0.05, 0) is 38.5 Å². The van der Waals surface area contributed by atoms with Crippen molar-refractivity contribution in [2.75, 3.05) is 13.2 Å². The summed E-state index contributed by atoms with van der Waals surface area (Å²) < 4.78 is 28.2. The molecule has 2 aromatic rings. The number of carbonyl (C=O) groups excluding carboxylic acids is 1. The van der Waals surface area contributed by atoms with Crippen molar-refractivity contribution in [3.8, 4) is 0 Å². The van der Waals surface area contributed by atoms with Crippen LogP contribution >= 0.6 is 0 Å². The molecule has 2 heterocycles. The minimum Gasteiger partial charge on any atom is -0.394 e. The van der Waals surface area contributed by atoms with Gasteiger partial charge in [0.25, 0.3) is 0 Å². The van der Waals surface area contributed by atoms with Crippen molar-refractivity contribution in [1.82, 2.24) is 14.5 Å². The van der Waals surface area contributed by atoms with E-state index < -0.39 is 33.8 Å². The summed E-state index contributed by atoms with van der Waals surface area (Å²) in [6, 6.07) is 14.9. The zero-order valence-corrected chi connectivity index (χ0v) is 18.1. The molecule has 0 radical (unpaired) electrons. The smallest absolute Gasteiger partial charge is 0.245 e. The van der Waals surface area contributed by atoms with Crippen molar-refractivity contribution >= 4 is 15.9 Å². The van der Waals surface area contributed by atoms with Crippen molar-refractivity contribution in [1.29, 1.82) is 0 Å². The zero-order valence-electron chi connectivity index (χ0n) is 17.3. The van der Waals surface area contributed by atoms with Gasteiger partial charge in [0.05, 0.1) is 23.1 Å². The van der Waals surface area contributed by atoms with Gasteiger partial charge in [-0.1, -0.05) is 48.0 Å². The molecule has 0 aliphatic carbocycles. The highest BCUT2D eigenvalue weighted by atomic mass is 32.2. The van der Waals surface area contributed by atoms with Gasteiger partial charge in [0.1, 0.15) is 12.2 Å². The predicted octanol–water partition coefficient (Wildman–Crippen LogP) is 1.64. The SMILES string of the molecule is Cc1ccc(S(=O)(=O)N2CC(C)(C)N3C(=O)[C@@H](N[C@H](CO)c4ccccc4)[C@@H]32)cc1. The van der Waals surface area contributed by atoms with Crippen LogP contribution < -0.4 is 5.32 Å². The van der Waals surface area contributed by atoms with Crippen LogP contribution in [0.3, 0.4) is 0 Å². The number of aryl methyl sites for hydroxylation is 1. The van der Waals surface area contributed by atoms with Gasteiger partial charge >= 0.3 is 0 Å². The normalized spacial score (nSPS) is 24.4. The standard InChI is InChI=1S/C22H27N3O4S/c1-15-9-11-17(12-10-15)30(28,29)24-14-22(2,3)25-20(24)19(21(25)27)23-18(13-26)16-7-5-4-6-8-16/h4-12,18-20,23,26H,13-14H2,1-3H3/t18-,19+,20-/m1/s1. The van der Waals surface area contributed by atoms with Crippen LogP contribution in [0.15, 0.2) is 59.5 Å². The number of β-lactam (4-membered cyclic amide) rings is 1. The predicted molar refractivity (Wildman–Crippen MR) is 113 cm³/mol. The van der Waals surface area contributed by atoms with E-state index in [0.717, 1.165) is 11.1 Å². The molecule has 0 spiro atoms. The molecule has 2 aliphatic heterocycles. The lowest BCUT2D eigenvalue weighted by atomic mass is 9.95. The maximum atomic E-state index is 13.4. The van der Waals surface area contributed by atoms with E-state index in [2.05, 4.69) is 5.32 Å². The number of sulfonamides is 1. The number of hydrogen-bond donors (Lipinski definition) is 2. The third kappa shape index (κ3) is 3.33. The number of nitrogens with zero attached hydrogens (tertiary/aromatic N) is 2. The Morgan fingerprint density at radius 1 is 1.13 bits per heavy atom. The van der Waals surface area contributed by atoms with E-state index in [1.165, 1.54) is 4.31 Å². The maximum absolute atomic E-state index is 13.4. The number of aliphatic hydroxyl groups is 1. The first-order valence-corrected chi connectivity index (χ1v) is 11.4. The van der Waals surface area contributed by atoms with Crippen molar-refractivity contribution in [2.45, 2.75) is 49.5 Å². The summed E-state index contributed by atoms with van der Waals surface area (Å²) in [5.74, 6) is -0.152. The zero-order chi connectivity index (χ0) is 21.7. The van der Waals surface area contributed by atoms with Crippen LogP contribution in [0.4, 0.5) is 0 Å². The first kappa shape index (κ1) is 21.0. The van der Waals surface area contributed by atoms with E-state index in [0.29, 0.717) is 0 Å². The number of aliphatic hydroxyl groups excluding tert-OH is 1. The van der Waals surface area contributed by atoms with Crippen LogP contribution in [0.2, 0.25) is 0 Å². The molecule has 7 nitrogen and oxygen atoms in total. The molecule has 1 amide bonds. The molecule has 160 valence electrons. The van der Waals surface area contributed by atoms with Crippen molar-refractivity contribution < 1.29 is 18.3 Å². The third-order valence-corrected chi connectivity index (χ3v) is 7.78. The maximum Gasteiger partial charge on any atom is 0.245 e. The number of hydrogen-bond acceptors (Lipinski definition) is 5. The Balaban J connectivity index is 1.65. The largest absolute Gasteiger partial charge is 0.394 e. The van der Waals surface area contributed by atoms with Crippen LogP contribution in [0.1, 0.15) is 31.0 Å². The molecule has 2 aromatic carbocycles. The molecule has 2 aliphatic rings. The second-order valence-electron chi connectivity index (χ2n) is 8.59. The summed E-state index contributed by atoms with van der Waals surface area (Å²) in [5.41, 5.74) is 1.21. The van der Waals surface area contributed by atoms with E-state index in [9.17, 15) is 18.3 Å². The van der Waals surface area contributed by atoms with Gasteiger partial charge in [0.2, 0.25) is 15.9 Å². The van der Waals surface area contributed by atoms with Gasteiger partial charge in [-0.3, -0.25) is 10.1 Å². The number of benzene rings is 2. The Kier molecular flexibility index (Phi) is 5.22. The lowest BCUT2D eigenvalue weighted by molar-refractivity contribution is -0.158. The monoisotopic (exact) mass is 429 g/mol. The molecule has 8 heteroatoms. The molecule has 2 saturated heterocycles. The van der Waals surface area contributed by atoms with Gasteiger partial charge < -0.3 is 10.0 Å². The summed E-state index contributed by atoms with van der Waals surface area (Å²) in [5, 5.41) is 13.1. The number of nitrogens with one attached hydrogen (secondary N) is 1. The van der Waals surface area contributed by atoms with Gasteiger partial charge in [-0.2, -0.15) is 4.31 Å². The number of fused-ring (bicyclic) bond motifs is 1. The average Bonchev–Trinajstić information content (AvgIpc) is 2.98. The van der Waals surface area contributed by atoms with Crippen molar-refractivity contribution in [2.24, 2.45) is 0 Å². The van der Waals surface area contributed by atoms with E-state index in [1.54, 1.807) is 29.2 Å². The lowest BCUT2D eigenvalue weighted by Crippen LogP contribution is -2.74. The number of rotatable bonds is 6. The Morgan fingerprint density at radius 3 is 2.37 bits per heavy atom. The van der Waals surface area contributed by atoms with Crippen LogP contribution in [-0.4, -0.2) is 59.5 Å². The molecule has 4 rings (SSSR count). The first-order chi connectivity index (χ1) is 14.2. The average molecular weight is 430 g/mol. The molecule has 3 atom stereocenters. The first-order valence-electron chi connectivity index (χ1n) is 10.0. The molecule has 0 aromatic heterocycles. The minimum atomic E-state index is -3.78. The third-order valence-electron chi connectivity index (χ3n) is 5.95. The fourth-order valence-electron chi connectivity index (χ4n) is 4.36. The second-order valence-corrected chi connectivity index (χ2v) is 10.5. The van der Waals surface area contributed by atoms with Gasteiger partial charge in [0.15, 0.2) is 0 Å². The van der Waals surface area contributed by atoms with Crippen molar-refractivity contribution in [3.63, 3.8) is 0 Å². The molecule has 0 unspecified atom stereocenters. The molecule has 30 heavy (non-hydrogen) atoms. The Bertz CT molecular complexity index is 1040. The summed E-state index contributed by atoms with van der Waals surface area (Å²) >= 11 is 0. The second kappa shape index (κ2) is 7.46. The van der Waals surface area contributed by atoms with Gasteiger partial charge in [-0.15, -0.1) is 0 Å². The topological polar surface area (TPSA) is 90.0 Å². The Morgan fingerprint density at radius 2 is 1.77 bits per heavy atom. The van der Waals surface area contributed by atoms with E-state index in [1.807, 2.05) is 51.1 Å². The molecule has 0 bridgehead atoms. The Hall–Kier alpha value is -2.26. The molecule has 2 N–H and O–H groups in total. The highest BCUT2D eigenvalue weighted by Gasteiger charge is 2.64. The lowest BCUT2D eigenvalue weighted by Gasteiger charge is -2.50. The van der Waals surface area contributed by atoms with Crippen LogP contribution in [0.25, 0.3) is 0 Å². The molecule has 2 fully saturated rings. The summed E-state index contributed by atoms with van der Waals surface area (Å²) in [6.07, 6.45) is -0.628. The van der Waals surface area contributed by atoms with E-state index in [-0.39, 0.29) is 24.0 Å². The molecular weight excluding hydrogens is 402 g/mol. The fraction of sp³-hybridized carbons (Fsp3) is 0.409. The van der Waals surface area contributed by atoms with Crippen LogP contribution in [-0.2, 0) is 14.8 Å². The quantitative estimate of drug-likeness (QED) is 0.682. The van der Waals surface area contributed by atoms with Crippen LogP contribution in [0.5, 0.6) is 0 Å². The number of carbonyl (C=O) groups is 1. The Labute approximate surface area is 177 Å². The summed E-state index contributed by atoms with van der Waals surface area (Å²) in [7, 11) is -3.78. The fourth-order valence-corrected chi connectivity index (χ4v) is 6.10. The van der Waals surface area contributed by atoms with Crippen LogP contribution in [0, 0.1) is 6.92 Å². The van der Waals surface area contributed by atoms with E-state index >= 15 is 0 Å². The van der Waals surface area contributed by atoms with Crippen molar-refractivity contribution in [3.05, 3.63) is 65.7 Å². The van der Waals surface area contributed by atoms with Gasteiger partial charge in [-0.25, -0.2) is 8.42 Å². The number of amides is 1. The molecular formula is C22H27N3O4S. The highest BCUT2D eigenvalue weighted by molar-refractivity contribution is 7.89. The van der Waals surface area contributed by atoms with E-state index in [4.69, 9.17) is 0 Å². The summed E-state index contributed by atoms with van der Waals surface area (Å²) in [6.45, 7) is 5.67. The van der Waals surface area contributed by atoms with Gasteiger partial charge in [0, 0.05) is 6.54 Å².